The molecule has 1 aliphatic rings. The SMILES string of the molecule is CC(=O)COCC1CCCCC1. The molecule has 0 atom stereocenters. The Balaban J connectivity index is 2.01. The minimum absolute atomic E-state index is 0.130. The molecule has 1 saturated carbocycles. The maximum absolute atomic E-state index is 10.6. The summed E-state index contributed by atoms with van der Waals surface area (Å²) in [7, 11) is 0. The number of rotatable bonds is 4. The molecule has 0 aromatic rings. The molecule has 2 nitrogen and oxygen atoms in total. The normalized spacial score (nSPS) is 19.4. The molecule has 1 aliphatic carbocycles. The van der Waals surface area contributed by atoms with Crippen molar-refractivity contribution in [3.8, 4) is 0 Å². The van der Waals surface area contributed by atoms with Crippen LogP contribution in [0.1, 0.15) is 39.0 Å². The van der Waals surface area contributed by atoms with E-state index in [-0.39, 0.29) is 5.78 Å². The summed E-state index contributed by atoms with van der Waals surface area (Å²) in [6, 6.07) is 0. The summed E-state index contributed by atoms with van der Waals surface area (Å²) < 4.78 is 5.28. The molecule has 0 saturated heterocycles. The van der Waals surface area contributed by atoms with Gasteiger partial charge in [0.15, 0.2) is 5.78 Å². The summed E-state index contributed by atoms with van der Waals surface area (Å²) in [5.74, 6) is 0.851. The van der Waals surface area contributed by atoms with Gasteiger partial charge in [0.1, 0.15) is 6.61 Å². The van der Waals surface area contributed by atoms with Gasteiger partial charge >= 0.3 is 0 Å². The monoisotopic (exact) mass is 170 g/mol. The smallest absolute Gasteiger partial charge is 0.155 e. The van der Waals surface area contributed by atoms with Crippen LogP contribution in [0, 0.1) is 5.92 Å². The molecule has 0 aromatic carbocycles. The van der Waals surface area contributed by atoms with Gasteiger partial charge in [-0.3, -0.25) is 4.79 Å². The quantitative estimate of drug-likeness (QED) is 0.646. The Labute approximate surface area is 74.3 Å². The van der Waals surface area contributed by atoms with Crippen molar-refractivity contribution >= 4 is 5.78 Å². The van der Waals surface area contributed by atoms with Gasteiger partial charge in [-0.25, -0.2) is 0 Å². The highest BCUT2D eigenvalue weighted by atomic mass is 16.5. The van der Waals surface area contributed by atoms with Crippen LogP contribution in [0.2, 0.25) is 0 Å². The Morgan fingerprint density at radius 1 is 1.33 bits per heavy atom. The second kappa shape index (κ2) is 5.31. The number of ether oxygens (including phenoxy) is 1. The number of carbonyl (C=O) groups excluding carboxylic acids is 1. The zero-order valence-corrected chi connectivity index (χ0v) is 7.84. The Morgan fingerprint density at radius 2 is 2.00 bits per heavy atom. The average molecular weight is 170 g/mol. The maximum atomic E-state index is 10.6. The van der Waals surface area contributed by atoms with Crippen LogP contribution in [-0.4, -0.2) is 19.0 Å². The van der Waals surface area contributed by atoms with Gasteiger partial charge in [0.2, 0.25) is 0 Å². The first-order valence-corrected chi connectivity index (χ1v) is 4.86. The van der Waals surface area contributed by atoms with Crippen LogP contribution in [0.3, 0.4) is 0 Å². The lowest BCUT2D eigenvalue weighted by atomic mass is 9.90. The first kappa shape index (κ1) is 9.72. The molecule has 12 heavy (non-hydrogen) atoms. The van der Waals surface area contributed by atoms with E-state index in [1.807, 2.05) is 0 Å². The van der Waals surface area contributed by atoms with E-state index >= 15 is 0 Å². The third-order valence-corrected chi connectivity index (χ3v) is 2.38. The zero-order chi connectivity index (χ0) is 8.81. The number of hydrogen-bond donors (Lipinski definition) is 0. The third kappa shape index (κ3) is 3.86. The van der Waals surface area contributed by atoms with Gasteiger partial charge in [0.25, 0.3) is 0 Å². The van der Waals surface area contributed by atoms with E-state index < -0.39 is 0 Å². The van der Waals surface area contributed by atoms with Crippen molar-refractivity contribution in [2.75, 3.05) is 13.2 Å². The van der Waals surface area contributed by atoms with Crippen molar-refractivity contribution in [1.29, 1.82) is 0 Å². The van der Waals surface area contributed by atoms with E-state index in [2.05, 4.69) is 0 Å². The summed E-state index contributed by atoms with van der Waals surface area (Å²) in [6.07, 6.45) is 6.64. The Hall–Kier alpha value is -0.370. The van der Waals surface area contributed by atoms with Crippen molar-refractivity contribution in [2.24, 2.45) is 5.92 Å². The highest BCUT2D eigenvalue weighted by Crippen LogP contribution is 2.23. The summed E-state index contributed by atoms with van der Waals surface area (Å²) in [4.78, 5) is 10.6. The number of carbonyl (C=O) groups is 1. The average Bonchev–Trinajstić information content (AvgIpc) is 2.05. The molecule has 70 valence electrons. The molecule has 2 heteroatoms. The fraction of sp³-hybridized carbons (Fsp3) is 0.900. The molecule has 0 spiro atoms. The summed E-state index contributed by atoms with van der Waals surface area (Å²) >= 11 is 0. The standard InChI is InChI=1S/C10H18O2/c1-9(11)7-12-8-10-5-3-2-4-6-10/h10H,2-8H2,1H3. The minimum Gasteiger partial charge on any atom is -0.373 e. The molecule has 0 amide bonds. The fourth-order valence-electron chi connectivity index (χ4n) is 1.72. The lowest BCUT2D eigenvalue weighted by molar-refractivity contribution is -0.122. The van der Waals surface area contributed by atoms with Crippen molar-refractivity contribution in [2.45, 2.75) is 39.0 Å². The van der Waals surface area contributed by atoms with Crippen LogP contribution in [0.15, 0.2) is 0 Å². The molecule has 0 heterocycles. The molecule has 1 rings (SSSR count). The van der Waals surface area contributed by atoms with Gasteiger partial charge in [0, 0.05) is 6.61 Å². The first-order chi connectivity index (χ1) is 5.79. The highest BCUT2D eigenvalue weighted by molar-refractivity contribution is 5.76. The molecule has 0 aliphatic heterocycles. The van der Waals surface area contributed by atoms with Gasteiger partial charge in [0.05, 0.1) is 0 Å². The predicted molar refractivity (Wildman–Crippen MR) is 48.1 cm³/mol. The van der Waals surface area contributed by atoms with Crippen molar-refractivity contribution in [3.05, 3.63) is 0 Å². The fourth-order valence-corrected chi connectivity index (χ4v) is 1.72. The van der Waals surface area contributed by atoms with Crippen LogP contribution in [0.5, 0.6) is 0 Å². The second-order valence-electron chi connectivity index (χ2n) is 3.72. The minimum atomic E-state index is 0.130. The Morgan fingerprint density at radius 3 is 2.58 bits per heavy atom. The maximum Gasteiger partial charge on any atom is 0.155 e. The van der Waals surface area contributed by atoms with Crippen LogP contribution in [0.4, 0.5) is 0 Å². The van der Waals surface area contributed by atoms with Crippen LogP contribution in [0.25, 0.3) is 0 Å². The number of ketones is 1. The Kier molecular flexibility index (Phi) is 4.30. The molecule has 0 radical (unpaired) electrons. The van der Waals surface area contributed by atoms with Crippen molar-refractivity contribution < 1.29 is 9.53 Å². The van der Waals surface area contributed by atoms with E-state index in [4.69, 9.17) is 4.74 Å². The van der Waals surface area contributed by atoms with E-state index in [0.29, 0.717) is 6.61 Å². The summed E-state index contributed by atoms with van der Waals surface area (Å²) in [5.41, 5.74) is 0. The molecule has 0 aromatic heterocycles. The number of Topliss-reactive ketones (excluding diaryl/α,β-unsaturated/α-hetero) is 1. The lowest BCUT2D eigenvalue weighted by Gasteiger charge is -2.20. The molecular formula is C10H18O2. The van der Waals surface area contributed by atoms with Crippen molar-refractivity contribution in [3.63, 3.8) is 0 Å². The lowest BCUT2D eigenvalue weighted by Crippen LogP contribution is -2.15. The van der Waals surface area contributed by atoms with Crippen LogP contribution in [-0.2, 0) is 9.53 Å². The van der Waals surface area contributed by atoms with Gasteiger partial charge in [-0.2, -0.15) is 0 Å². The van der Waals surface area contributed by atoms with E-state index in [9.17, 15) is 4.79 Å². The predicted octanol–water partition coefficient (Wildman–Crippen LogP) is 2.17. The summed E-state index contributed by atoms with van der Waals surface area (Å²) in [5, 5.41) is 0. The number of hydrogen-bond acceptors (Lipinski definition) is 2. The highest BCUT2D eigenvalue weighted by Gasteiger charge is 2.13. The Bertz CT molecular complexity index is 137. The molecular weight excluding hydrogens is 152 g/mol. The van der Waals surface area contributed by atoms with E-state index in [0.717, 1.165) is 12.5 Å². The zero-order valence-electron chi connectivity index (χ0n) is 7.84. The van der Waals surface area contributed by atoms with Gasteiger partial charge in [-0.15, -0.1) is 0 Å². The second-order valence-corrected chi connectivity index (χ2v) is 3.72. The third-order valence-electron chi connectivity index (χ3n) is 2.38. The van der Waals surface area contributed by atoms with E-state index in [1.165, 1.54) is 32.1 Å². The van der Waals surface area contributed by atoms with Gasteiger partial charge < -0.3 is 4.74 Å². The molecule has 0 N–H and O–H groups in total. The molecule has 0 bridgehead atoms. The molecule has 1 fully saturated rings. The van der Waals surface area contributed by atoms with Gasteiger partial charge in [-0.1, -0.05) is 19.3 Å². The van der Waals surface area contributed by atoms with E-state index in [1.54, 1.807) is 6.92 Å². The van der Waals surface area contributed by atoms with Gasteiger partial charge in [-0.05, 0) is 25.7 Å². The van der Waals surface area contributed by atoms with Crippen LogP contribution >= 0.6 is 0 Å². The largest absolute Gasteiger partial charge is 0.373 e. The summed E-state index contributed by atoms with van der Waals surface area (Å²) in [6.45, 7) is 2.66. The molecule has 0 unspecified atom stereocenters. The van der Waals surface area contributed by atoms with Crippen molar-refractivity contribution in [1.82, 2.24) is 0 Å². The first-order valence-electron chi connectivity index (χ1n) is 4.86. The van der Waals surface area contributed by atoms with Crippen LogP contribution < -0.4 is 0 Å². The topological polar surface area (TPSA) is 26.3 Å².